The van der Waals surface area contributed by atoms with Crippen LogP contribution < -0.4 is 10.6 Å². The van der Waals surface area contributed by atoms with Crippen molar-refractivity contribution >= 4 is 5.95 Å². The van der Waals surface area contributed by atoms with Crippen molar-refractivity contribution in [3.63, 3.8) is 0 Å². The number of aromatic hydroxyl groups is 2. The van der Waals surface area contributed by atoms with E-state index < -0.39 is 0 Å². The van der Waals surface area contributed by atoms with Crippen LogP contribution in [0.3, 0.4) is 0 Å². The maximum atomic E-state index is 9.83. The van der Waals surface area contributed by atoms with Gasteiger partial charge in [0, 0.05) is 19.1 Å². The third-order valence-electron chi connectivity index (χ3n) is 3.47. The summed E-state index contributed by atoms with van der Waals surface area (Å²) in [6.07, 6.45) is 2.01. The van der Waals surface area contributed by atoms with Gasteiger partial charge in [-0.3, -0.25) is 5.10 Å². The quantitative estimate of drug-likeness (QED) is 0.645. The first-order valence-electron chi connectivity index (χ1n) is 6.59. The number of rotatable bonds is 2. The molecule has 1 saturated heterocycles. The lowest BCUT2D eigenvalue weighted by Crippen LogP contribution is -2.43. The van der Waals surface area contributed by atoms with Crippen LogP contribution in [-0.2, 0) is 0 Å². The number of piperidine rings is 1. The van der Waals surface area contributed by atoms with Crippen LogP contribution in [0.1, 0.15) is 12.8 Å². The molecular formula is C13H17N5O2. The Morgan fingerprint density at radius 2 is 2.05 bits per heavy atom. The van der Waals surface area contributed by atoms with Crippen LogP contribution in [0, 0.1) is 0 Å². The summed E-state index contributed by atoms with van der Waals surface area (Å²) in [7, 11) is 0. The number of phenolic OH excluding ortho intramolecular Hbond substituents is 2. The summed E-state index contributed by atoms with van der Waals surface area (Å²) in [6, 6.07) is 4.68. The van der Waals surface area contributed by atoms with Crippen molar-refractivity contribution in [2.24, 2.45) is 5.73 Å². The molecule has 106 valence electrons. The molecule has 0 aliphatic carbocycles. The van der Waals surface area contributed by atoms with E-state index in [0.29, 0.717) is 18.3 Å². The molecule has 0 saturated carbocycles. The number of nitrogens with zero attached hydrogens (tertiary/aromatic N) is 3. The first kappa shape index (κ1) is 12.7. The SMILES string of the molecule is NC1CCCN(c2n[nH]c(-c3c(O)cccc3O)n2)C1. The molecule has 0 spiro atoms. The Morgan fingerprint density at radius 3 is 2.75 bits per heavy atom. The second-order valence-electron chi connectivity index (χ2n) is 5.00. The number of phenols is 2. The van der Waals surface area contributed by atoms with E-state index in [2.05, 4.69) is 15.2 Å². The molecule has 2 heterocycles. The fourth-order valence-electron chi connectivity index (χ4n) is 2.47. The predicted molar refractivity (Wildman–Crippen MR) is 74.6 cm³/mol. The molecule has 1 unspecified atom stereocenters. The Hall–Kier alpha value is -2.28. The Balaban J connectivity index is 1.90. The van der Waals surface area contributed by atoms with E-state index in [4.69, 9.17) is 5.73 Å². The van der Waals surface area contributed by atoms with Crippen molar-refractivity contribution in [2.45, 2.75) is 18.9 Å². The highest BCUT2D eigenvalue weighted by Crippen LogP contribution is 2.35. The summed E-state index contributed by atoms with van der Waals surface area (Å²) in [5.74, 6) is 0.804. The number of hydrogen-bond donors (Lipinski definition) is 4. The standard InChI is InChI=1S/C13H17N5O2/c14-8-3-2-6-18(7-8)13-15-12(16-17-13)11-9(19)4-1-5-10(11)20/h1,4-5,8,19-20H,2-3,6-7,14H2,(H,15,16,17). The number of H-pyrrole nitrogens is 1. The van der Waals surface area contributed by atoms with E-state index in [1.165, 1.54) is 12.1 Å². The van der Waals surface area contributed by atoms with Crippen LogP contribution in [0.5, 0.6) is 11.5 Å². The van der Waals surface area contributed by atoms with Gasteiger partial charge < -0.3 is 20.8 Å². The second-order valence-corrected chi connectivity index (χ2v) is 5.00. The first-order valence-corrected chi connectivity index (χ1v) is 6.59. The van der Waals surface area contributed by atoms with E-state index in [1.807, 2.05) is 4.90 Å². The Morgan fingerprint density at radius 1 is 1.30 bits per heavy atom. The molecule has 1 aliphatic heterocycles. The normalized spacial score (nSPS) is 19.2. The minimum atomic E-state index is -0.0388. The van der Waals surface area contributed by atoms with Gasteiger partial charge in [0.15, 0.2) is 5.82 Å². The smallest absolute Gasteiger partial charge is 0.245 e. The van der Waals surface area contributed by atoms with E-state index in [1.54, 1.807) is 6.07 Å². The summed E-state index contributed by atoms with van der Waals surface area (Å²) in [5, 5.41) is 26.5. The van der Waals surface area contributed by atoms with Gasteiger partial charge in [-0.2, -0.15) is 4.98 Å². The van der Waals surface area contributed by atoms with Gasteiger partial charge in [-0.05, 0) is 25.0 Å². The van der Waals surface area contributed by atoms with Gasteiger partial charge in [0.2, 0.25) is 5.95 Å². The van der Waals surface area contributed by atoms with Crippen molar-refractivity contribution in [3.05, 3.63) is 18.2 Å². The summed E-state index contributed by atoms with van der Waals surface area (Å²) in [6.45, 7) is 1.57. The molecule has 1 fully saturated rings. The zero-order valence-corrected chi connectivity index (χ0v) is 11.0. The van der Waals surface area contributed by atoms with Crippen molar-refractivity contribution in [1.29, 1.82) is 0 Å². The van der Waals surface area contributed by atoms with Gasteiger partial charge in [0.1, 0.15) is 17.1 Å². The zero-order valence-electron chi connectivity index (χ0n) is 11.0. The second kappa shape index (κ2) is 5.01. The summed E-state index contributed by atoms with van der Waals surface area (Å²) < 4.78 is 0. The summed E-state index contributed by atoms with van der Waals surface area (Å²) in [4.78, 5) is 6.35. The summed E-state index contributed by atoms with van der Waals surface area (Å²) in [5.41, 5.74) is 6.20. The van der Waals surface area contributed by atoms with Crippen LogP contribution >= 0.6 is 0 Å². The lowest BCUT2D eigenvalue weighted by Gasteiger charge is -2.29. The molecule has 7 heteroatoms. The van der Waals surface area contributed by atoms with Crippen molar-refractivity contribution in [2.75, 3.05) is 18.0 Å². The third kappa shape index (κ3) is 2.27. The van der Waals surface area contributed by atoms with Gasteiger partial charge >= 0.3 is 0 Å². The Labute approximate surface area is 116 Å². The first-order chi connectivity index (χ1) is 9.65. The maximum absolute atomic E-state index is 9.83. The van der Waals surface area contributed by atoms with Crippen molar-refractivity contribution in [3.8, 4) is 22.9 Å². The molecule has 0 amide bonds. The average molecular weight is 275 g/mol. The number of hydrogen-bond acceptors (Lipinski definition) is 6. The van der Waals surface area contributed by atoms with Gasteiger partial charge in [-0.15, -0.1) is 5.10 Å². The lowest BCUT2D eigenvalue weighted by molar-refractivity contribution is 0.453. The molecule has 5 N–H and O–H groups in total. The maximum Gasteiger partial charge on any atom is 0.245 e. The van der Waals surface area contributed by atoms with Crippen molar-refractivity contribution < 1.29 is 10.2 Å². The number of nitrogens with two attached hydrogens (primary N) is 1. The Kier molecular flexibility index (Phi) is 3.19. The average Bonchev–Trinajstić information content (AvgIpc) is 2.88. The lowest BCUT2D eigenvalue weighted by atomic mass is 10.1. The van der Waals surface area contributed by atoms with E-state index in [-0.39, 0.29) is 23.1 Å². The zero-order chi connectivity index (χ0) is 14.1. The van der Waals surface area contributed by atoms with Crippen LogP contribution in [0.25, 0.3) is 11.4 Å². The molecule has 0 bridgehead atoms. The van der Waals surface area contributed by atoms with E-state index >= 15 is 0 Å². The summed E-state index contributed by atoms with van der Waals surface area (Å²) >= 11 is 0. The molecule has 2 aromatic rings. The predicted octanol–water partition coefficient (Wildman–Crippen LogP) is 0.810. The molecule has 1 atom stereocenters. The number of aromatic amines is 1. The monoisotopic (exact) mass is 275 g/mol. The molecule has 0 radical (unpaired) electrons. The molecule has 1 aliphatic rings. The highest BCUT2D eigenvalue weighted by atomic mass is 16.3. The molecule has 20 heavy (non-hydrogen) atoms. The third-order valence-corrected chi connectivity index (χ3v) is 3.47. The minimum Gasteiger partial charge on any atom is -0.507 e. The van der Waals surface area contributed by atoms with Crippen LogP contribution in [-0.4, -0.2) is 44.5 Å². The molecule has 3 rings (SSSR count). The largest absolute Gasteiger partial charge is 0.507 e. The molecule has 1 aromatic carbocycles. The van der Waals surface area contributed by atoms with Gasteiger partial charge in [-0.25, -0.2) is 0 Å². The van der Waals surface area contributed by atoms with Crippen molar-refractivity contribution in [1.82, 2.24) is 15.2 Å². The van der Waals surface area contributed by atoms with Crippen LogP contribution in [0.15, 0.2) is 18.2 Å². The number of anilines is 1. The highest BCUT2D eigenvalue weighted by molar-refractivity contribution is 5.71. The van der Waals surface area contributed by atoms with Gasteiger partial charge in [-0.1, -0.05) is 6.07 Å². The topological polar surface area (TPSA) is 111 Å². The molecule has 1 aromatic heterocycles. The van der Waals surface area contributed by atoms with Gasteiger partial charge in [0.05, 0.1) is 0 Å². The van der Waals surface area contributed by atoms with Crippen LogP contribution in [0.4, 0.5) is 5.95 Å². The number of benzene rings is 1. The van der Waals surface area contributed by atoms with E-state index in [9.17, 15) is 10.2 Å². The fourth-order valence-corrected chi connectivity index (χ4v) is 2.47. The fraction of sp³-hybridized carbons (Fsp3) is 0.385. The Bertz CT molecular complexity index is 592. The number of aromatic nitrogens is 3. The van der Waals surface area contributed by atoms with E-state index in [0.717, 1.165) is 19.4 Å². The molecule has 7 nitrogen and oxygen atoms in total. The number of nitrogens with one attached hydrogen (secondary N) is 1. The minimum absolute atomic E-state index is 0.0388. The highest BCUT2D eigenvalue weighted by Gasteiger charge is 2.21. The van der Waals surface area contributed by atoms with Gasteiger partial charge in [0.25, 0.3) is 0 Å². The van der Waals surface area contributed by atoms with Crippen LogP contribution in [0.2, 0.25) is 0 Å². The molecular weight excluding hydrogens is 258 g/mol.